The second kappa shape index (κ2) is 3.60. The molecular weight excluding hydrogens is 198 g/mol. The van der Waals surface area contributed by atoms with Crippen LogP contribution in [0.15, 0.2) is 0 Å². The van der Waals surface area contributed by atoms with Crippen molar-refractivity contribution in [3.8, 4) is 0 Å². The molecule has 0 spiro atoms. The van der Waals surface area contributed by atoms with Crippen LogP contribution in [0.5, 0.6) is 0 Å². The minimum atomic E-state index is -2.83. The highest BCUT2D eigenvalue weighted by atomic mass is 32.2. The number of ether oxygens (including phenoxy) is 1. The quantitative estimate of drug-likeness (QED) is 0.419. The molecule has 13 heavy (non-hydrogen) atoms. The fourth-order valence-electron chi connectivity index (χ4n) is 1.06. The maximum absolute atomic E-state index is 10.8. The number of rotatable bonds is 0. The molecular formula is C6H10NO5S-. The number of hydrogen-bond acceptors (Lipinski definition) is 5. The minimum Gasteiger partial charge on any atom is -0.550 e. The lowest BCUT2D eigenvalue weighted by Crippen LogP contribution is -2.20. The topological polar surface area (TPSA) is 86.5 Å². The van der Waals surface area contributed by atoms with E-state index in [1.54, 1.807) is 0 Å². The predicted molar refractivity (Wildman–Crippen MR) is 40.9 cm³/mol. The highest BCUT2D eigenvalue weighted by molar-refractivity contribution is 7.96. The molecule has 0 aromatic carbocycles. The van der Waals surface area contributed by atoms with Crippen LogP contribution in [0.4, 0.5) is 0 Å². The molecule has 2 rings (SSSR count). The molecule has 6 nitrogen and oxygen atoms in total. The Hall–Kier alpha value is -0.660. The van der Waals surface area contributed by atoms with Crippen LogP contribution in [-0.4, -0.2) is 43.8 Å². The number of aliphatic carboxylic acids is 1. The highest BCUT2D eigenvalue weighted by Crippen LogP contribution is 2.32. The van der Waals surface area contributed by atoms with Crippen LogP contribution in [0, 0.1) is 0 Å². The van der Waals surface area contributed by atoms with Gasteiger partial charge in [0, 0.05) is 12.5 Å². The molecule has 0 amide bonds. The Labute approximate surface area is 76.1 Å². The third-order valence-corrected chi connectivity index (χ3v) is 3.62. The van der Waals surface area contributed by atoms with Gasteiger partial charge >= 0.3 is 0 Å². The van der Waals surface area contributed by atoms with Crippen LogP contribution in [0.2, 0.25) is 0 Å². The smallest absolute Gasteiger partial charge is 0.235 e. The van der Waals surface area contributed by atoms with E-state index in [-0.39, 0.29) is 5.37 Å². The van der Waals surface area contributed by atoms with Crippen LogP contribution in [0.3, 0.4) is 0 Å². The zero-order chi connectivity index (χ0) is 10.1. The van der Waals surface area contributed by atoms with E-state index < -0.39 is 16.0 Å². The van der Waals surface area contributed by atoms with Gasteiger partial charge in [0.2, 0.25) is 10.0 Å². The molecule has 0 aliphatic carbocycles. The van der Waals surface area contributed by atoms with E-state index in [2.05, 4.69) is 0 Å². The number of hydrogen-bond donors (Lipinski definition) is 0. The van der Waals surface area contributed by atoms with Gasteiger partial charge < -0.3 is 14.6 Å². The van der Waals surface area contributed by atoms with Gasteiger partial charge in [-0.15, -0.1) is 0 Å². The molecule has 0 aromatic rings. The summed E-state index contributed by atoms with van der Waals surface area (Å²) in [6.45, 7) is 2.44. The fraction of sp³-hybridized carbons (Fsp3) is 0.833. The van der Waals surface area contributed by atoms with Crippen molar-refractivity contribution < 1.29 is 23.1 Å². The fourth-order valence-corrected chi connectivity index (χ4v) is 2.61. The number of fused-ring (bicyclic) bond motifs is 1. The molecule has 2 aliphatic heterocycles. The normalized spacial score (nSPS) is 33.6. The first-order valence-corrected chi connectivity index (χ1v) is 5.22. The number of carboxylic acids is 1. The van der Waals surface area contributed by atoms with E-state index in [1.165, 1.54) is 4.31 Å². The summed E-state index contributed by atoms with van der Waals surface area (Å²) in [5.74, 6) is -1.08. The molecule has 0 radical (unpaired) electrons. The molecule has 2 aliphatic rings. The van der Waals surface area contributed by atoms with Gasteiger partial charge in [0.1, 0.15) is 0 Å². The average molecular weight is 208 g/mol. The maximum atomic E-state index is 10.8. The van der Waals surface area contributed by atoms with Crippen LogP contribution in [-0.2, 0) is 19.6 Å². The summed E-state index contributed by atoms with van der Waals surface area (Å²) >= 11 is 0. The maximum Gasteiger partial charge on any atom is 0.235 e. The van der Waals surface area contributed by atoms with E-state index in [0.29, 0.717) is 19.8 Å². The van der Waals surface area contributed by atoms with E-state index >= 15 is 0 Å². The first-order valence-electron chi connectivity index (χ1n) is 3.72. The predicted octanol–water partition coefficient (Wildman–Crippen LogP) is -2.26. The van der Waals surface area contributed by atoms with Gasteiger partial charge in [0.15, 0.2) is 5.37 Å². The summed E-state index contributed by atoms with van der Waals surface area (Å²) in [6, 6.07) is 0. The standard InChI is InChI=1S/C4H7NO3S.C2H4O2/c6-9(7)4-3-8-2-1-5(4)9;1-2(3)4/h4H,1-3H2;1H3,(H,3,4)/p-1. The number of morpholine rings is 1. The van der Waals surface area contributed by atoms with Crippen molar-refractivity contribution >= 4 is 16.0 Å². The van der Waals surface area contributed by atoms with Gasteiger partial charge in [-0.3, -0.25) is 0 Å². The number of sulfonamides is 1. The van der Waals surface area contributed by atoms with E-state index in [9.17, 15) is 8.42 Å². The summed E-state index contributed by atoms with van der Waals surface area (Å²) in [4.78, 5) is 8.89. The Morgan fingerprint density at radius 1 is 1.62 bits per heavy atom. The zero-order valence-electron chi connectivity index (χ0n) is 7.10. The van der Waals surface area contributed by atoms with Crippen molar-refractivity contribution in [2.24, 2.45) is 0 Å². The van der Waals surface area contributed by atoms with Gasteiger partial charge in [-0.1, -0.05) is 0 Å². The van der Waals surface area contributed by atoms with Crippen LogP contribution >= 0.6 is 0 Å². The van der Waals surface area contributed by atoms with Crippen molar-refractivity contribution in [1.29, 1.82) is 0 Å². The summed E-state index contributed by atoms with van der Waals surface area (Å²) in [5, 5.41) is 8.59. The largest absolute Gasteiger partial charge is 0.550 e. The van der Waals surface area contributed by atoms with Gasteiger partial charge in [-0.05, 0) is 6.92 Å². The van der Waals surface area contributed by atoms with Crippen LogP contribution in [0.1, 0.15) is 6.92 Å². The van der Waals surface area contributed by atoms with Gasteiger partial charge in [-0.25, -0.2) is 8.42 Å². The van der Waals surface area contributed by atoms with Crippen molar-refractivity contribution in [3.63, 3.8) is 0 Å². The molecule has 7 heteroatoms. The van der Waals surface area contributed by atoms with E-state index in [1.807, 2.05) is 0 Å². The van der Waals surface area contributed by atoms with Crippen LogP contribution in [0.25, 0.3) is 0 Å². The lowest BCUT2D eigenvalue weighted by molar-refractivity contribution is -0.302. The third kappa shape index (κ3) is 2.39. The van der Waals surface area contributed by atoms with Gasteiger partial charge in [-0.2, -0.15) is 4.31 Å². The lowest BCUT2D eigenvalue weighted by Gasteiger charge is -2.05. The number of carboxylic acid groups (broad SMARTS) is 1. The molecule has 76 valence electrons. The number of carbonyl (C=O) groups excluding carboxylic acids is 1. The molecule has 2 saturated heterocycles. The Morgan fingerprint density at radius 2 is 2.15 bits per heavy atom. The zero-order valence-corrected chi connectivity index (χ0v) is 7.91. The summed E-state index contributed by atoms with van der Waals surface area (Å²) in [6.07, 6.45) is 0. The SMILES string of the molecule is CC(=O)[O-].O=S1(=O)C2COCCN21. The molecule has 0 saturated carbocycles. The monoisotopic (exact) mass is 208 g/mol. The average Bonchev–Trinajstić information content (AvgIpc) is 2.55. The van der Waals surface area contributed by atoms with Crippen molar-refractivity contribution in [1.82, 2.24) is 4.31 Å². The number of carbonyl (C=O) groups is 1. The van der Waals surface area contributed by atoms with Crippen molar-refractivity contribution in [2.75, 3.05) is 19.8 Å². The van der Waals surface area contributed by atoms with Crippen molar-refractivity contribution in [3.05, 3.63) is 0 Å². The molecule has 2 fully saturated rings. The second-order valence-electron chi connectivity index (χ2n) is 2.68. The van der Waals surface area contributed by atoms with Gasteiger partial charge in [0.05, 0.1) is 13.2 Å². The van der Waals surface area contributed by atoms with E-state index in [4.69, 9.17) is 14.6 Å². The summed E-state index contributed by atoms with van der Waals surface area (Å²) < 4.78 is 27.9. The molecule has 0 aromatic heterocycles. The number of nitrogens with zero attached hydrogens (tertiary/aromatic N) is 1. The summed E-state index contributed by atoms with van der Waals surface area (Å²) in [7, 11) is -2.83. The minimum absolute atomic E-state index is 0.300. The molecule has 2 heterocycles. The van der Waals surface area contributed by atoms with Gasteiger partial charge in [0.25, 0.3) is 0 Å². The third-order valence-electron chi connectivity index (χ3n) is 1.66. The molecule has 0 N–H and O–H groups in total. The Balaban J connectivity index is 0.000000184. The first-order chi connectivity index (χ1) is 5.96. The highest BCUT2D eigenvalue weighted by Gasteiger charge is 2.55. The Bertz CT molecular complexity index is 276. The Kier molecular flexibility index (Phi) is 2.89. The molecule has 0 bridgehead atoms. The van der Waals surface area contributed by atoms with E-state index in [0.717, 1.165) is 6.92 Å². The second-order valence-corrected chi connectivity index (χ2v) is 4.72. The van der Waals surface area contributed by atoms with Crippen molar-refractivity contribution in [2.45, 2.75) is 12.3 Å². The lowest BCUT2D eigenvalue weighted by atomic mass is 10.5. The molecule has 2 unspecified atom stereocenters. The first kappa shape index (κ1) is 10.4. The summed E-state index contributed by atoms with van der Waals surface area (Å²) in [5.41, 5.74) is 0. The Morgan fingerprint density at radius 3 is 2.46 bits per heavy atom. The van der Waals surface area contributed by atoms with Crippen LogP contribution < -0.4 is 5.11 Å². The molecule has 2 atom stereocenters.